The van der Waals surface area contributed by atoms with E-state index in [9.17, 15) is 9.59 Å². The molecule has 2 rings (SSSR count). The first kappa shape index (κ1) is 13.9. The molecule has 6 heteroatoms. The predicted octanol–water partition coefficient (Wildman–Crippen LogP) is -0.0952. The molecule has 0 fully saturated rings. The molecule has 0 aliphatic carbocycles. The van der Waals surface area contributed by atoms with Crippen LogP contribution in [0.4, 0.5) is 0 Å². The molecule has 2 aliphatic rings. The van der Waals surface area contributed by atoms with Crippen molar-refractivity contribution in [2.24, 2.45) is 0 Å². The number of hydrazine groups is 1. The van der Waals surface area contributed by atoms with Crippen molar-refractivity contribution in [1.29, 1.82) is 0 Å². The van der Waals surface area contributed by atoms with E-state index in [1.165, 1.54) is 0 Å². The predicted molar refractivity (Wildman–Crippen MR) is 76.0 cm³/mol. The molecule has 2 amide bonds. The van der Waals surface area contributed by atoms with Gasteiger partial charge in [-0.1, -0.05) is 12.2 Å². The van der Waals surface area contributed by atoms with E-state index in [4.69, 9.17) is 0 Å². The molecule has 0 aromatic rings. The number of carbonyl (C=O) groups is 2. The van der Waals surface area contributed by atoms with Crippen molar-refractivity contribution in [3.63, 3.8) is 0 Å². The number of hydrogen-bond acceptors (Lipinski definition) is 4. The van der Waals surface area contributed by atoms with Crippen molar-refractivity contribution in [1.82, 2.24) is 20.7 Å². The second-order valence-electron chi connectivity index (χ2n) is 4.74. The Kier molecular flexibility index (Phi) is 4.24. The van der Waals surface area contributed by atoms with Gasteiger partial charge in [0.25, 0.3) is 11.8 Å². The molecule has 0 aromatic heterocycles. The first-order valence-electron chi connectivity index (χ1n) is 6.34. The van der Waals surface area contributed by atoms with Crippen molar-refractivity contribution in [3.8, 4) is 0 Å². The number of likely N-dealkylation sites (N-methyl/N-ethyl adjacent to an activating group) is 2. The lowest BCUT2D eigenvalue weighted by atomic mass is 10.2. The van der Waals surface area contributed by atoms with Crippen LogP contribution < -0.4 is 10.9 Å². The molecule has 20 heavy (non-hydrogen) atoms. The van der Waals surface area contributed by atoms with Crippen LogP contribution in [0.15, 0.2) is 47.9 Å². The number of nitrogens with one attached hydrogen (secondary N) is 2. The molecule has 2 aliphatic heterocycles. The van der Waals surface area contributed by atoms with E-state index in [-0.39, 0.29) is 11.8 Å². The first-order valence-corrected chi connectivity index (χ1v) is 6.34. The van der Waals surface area contributed by atoms with Gasteiger partial charge in [-0.2, -0.15) is 0 Å². The summed E-state index contributed by atoms with van der Waals surface area (Å²) < 4.78 is 0. The molecule has 0 saturated heterocycles. The molecule has 106 valence electrons. The maximum Gasteiger partial charge on any atom is 0.269 e. The van der Waals surface area contributed by atoms with Crippen molar-refractivity contribution in [3.05, 3.63) is 47.9 Å². The lowest BCUT2D eigenvalue weighted by molar-refractivity contribution is -0.124. The molecule has 0 unspecified atom stereocenters. The fourth-order valence-corrected chi connectivity index (χ4v) is 1.75. The lowest BCUT2D eigenvalue weighted by Crippen LogP contribution is -2.43. The minimum atomic E-state index is -0.319. The SMILES string of the molecule is CN1C=CC(C(=O)NNC(=O)C2=CCN(C)C=C2)=CC1. The third kappa shape index (κ3) is 3.50. The normalized spacial score (nSPS) is 17.5. The maximum atomic E-state index is 11.8. The van der Waals surface area contributed by atoms with Crippen LogP contribution in [0.2, 0.25) is 0 Å². The van der Waals surface area contributed by atoms with Crippen LogP contribution in [0.5, 0.6) is 0 Å². The van der Waals surface area contributed by atoms with Crippen LogP contribution in [-0.2, 0) is 9.59 Å². The van der Waals surface area contributed by atoms with Crippen LogP contribution >= 0.6 is 0 Å². The summed E-state index contributed by atoms with van der Waals surface area (Å²) in [5, 5.41) is 0. The Morgan fingerprint density at radius 3 is 1.60 bits per heavy atom. The fraction of sp³-hybridized carbons (Fsp3) is 0.286. The third-order valence-electron chi connectivity index (χ3n) is 3.03. The summed E-state index contributed by atoms with van der Waals surface area (Å²) in [5.74, 6) is -0.639. The summed E-state index contributed by atoms with van der Waals surface area (Å²) in [5.41, 5.74) is 5.90. The minimum absolute atomic E-state index is 0.319. The van der Waals surface area contributed by atoms with E-state index in [2.05, 4.69) is 10.9 Å². The van der Waals surface area contributed by atoms with Crippen molar-refractivity contribution >= 4 is 11.8 Å². The Labute approximate surface area is 118 Å². The monoisotopic (exact) mass is 274 g/mol. The Balaban J connectivity index is 1.84. The average molecular weight is 274 g/mol. The van der Waals surface area contributed by atoms with Gasteiger partial charge in [0.1, 0.15) is 0 Å². The van der Waals surface area contributed by atoms with Gasteiger partial charge in [0.05, 0.1) is 0 Å². The topological polar surface area (TPSA) is 64.7 Å². The fourth-order valence-electron chi connectivity index (χ4n) is 1.75. The summed E-state index contributed by atoms with van der Waals surface area (Å²) in [6.45, 7) is 1.35. The lowest BCUT2D eigenvalue weighted by Gasteiger charge is -2.18. The molecule has 2 heterocycles. The molecule has 6 nitrogen and oxygen atoms in total. The molecule has 0 radical (unpaired) electrons. The van der Waals surface area contributed by atoms with Gasteiger partial charge >= 0.3 is 0 Å². The second kappa shape index (κ2) is 6.10. The molecular weight excluding hydrogens is 256 g/mol. The van der Waals surface area contributed by atoms with E-state index in [1.807, 2.05) is 36.3 Å². The van der Waals surface area contributed by atoms with Gasteiger partial charge in [-0.3, -0.25) is 20.4 Å². The largest absolute Gasteiger partial charge is 0.377 e. The standard InChI is InChI=1S/C14H18N4O2/c1-17-7-3-11(4-8-17)13(19)15-16-14(20)12-5-9-18(2)10-6-12/h3-7,9H,8,10H2,1-2H3,(H,15,19)(H,16,20). The zero-order valence-corrected chi connectivity index (χ0v) is 11.6. The van der Waals surface area contributed by atoms with Crippen LogP contribution in [0.3, 0.4) is 0 Å². The second-order valence-corrected chi connectivity index (χ2v) is 4.74. The van der Waals surface area contributed by atoms with E-state index in [0.717, 1.165) is 0 Å². The van der Waals surface area contributed by atoms with Crippen molar-refractivity contribution < 1.29 is 9.59 Å². The molecule has 0 atom stereocenters. The minimum Gasteiger partial charge on any atom is -0.377 e. The number of hydrogen-bond donors (Lipinski definition) is 2. The van der Waals surface area contributed by atoms with E-state index in [1.54, 1.807) is 24.3 Å². The summed E-state index contributed by atoms with van der Waals surface area (Å²) >= 11 is 0. The molecule has 0 aromatic carbocycles. The third-order valence-corrected chi connectivity index (χ3v) is 3.03. The van der Waals surface area contributed by atoms with E-state index < -0.39 is 0 Å². The Bertz CT molecular complexity index is 483. The van der Waals surface area contributed by atoms with E-state index in [0.29, 0.717) is 24.2 Å². The highest BCUT2D eigenvalue weighted by Crippen LogP contribution is 2.06. The van der Waals surface area contributed by atoms with Gasteiger partial charge in [-0.25, -0.2) is 0 Å². The quantitative estimate of drug-likeness (QED) is 0.691. The van der Waals surface area contributed by atoms with Gasteiger partial charge < -0.3 is 9.80 Å². The highest BCUT2D eigenvalue weighted by Gasteiger charge is 2.13. The number of carbonyl (C=O) groups excluding carboxylic acids is 2. The Hall–Kier alpha value is -2.50. The van der Waals surface area contributed by atoms with Crippen LogP contribution in [-0.4, -0.2) is 48.8 Å². The van der Waals surface area contributed by atoms with Crippen molar-refractivity contribution in [2.75, 3.05) is 27.2 Å². The first-order chi connectivity index (χ1) is 9.56. The summed E-state index contributed by atoms with van der Waals surface area (Å²) in [6, 6.07) is 0. The highest BCUT2D eigenvalue weighted by atomic mass is 16.2. The Morgan fingerprint density at radius 1 is 0.900 bits per heavy atom. The van der Waals surface area contributed by atoms with E-state index >= 15 is 0 Å². The molecule has 0 saturated carbocycles. The van der Waals surface area contributed by atoms with Gasteiger partial charge in [0, 0.05) is 38.3 Å². The van der Waals surface area contributed by atoms with Crippen LogP contribution in [0.1, 0.15) is 0 Å². The molecular formula is C14H18N4O2. The molecule has 2 N–H and O–H groups in total. The number of rotatable bonds is 2. The van der Waals surface area contributed by atoms with Gasteiger partial charge in [-0.15, -0.1) is 0 Å². The summed E-state index contributed by atoms with van der Waals surface area (Å²) in [7, 11) is 3.84. The summed E-state index contributed by atoms with van der Waals surface area (Å²) in [4.78, 5) is 27.6. The van der Waals surface area contributed by atoms with Gasteiger partial charge in [0.15, 0.2) is 0 Å². The van der Waals surface area contributed by atoms with Gasteiger partial charge in [0.2, 0.25) is 0 Å². The molecule has 0 bridgehead atoms. The van der Waals surface area contributed by atoms with Crippen LogP contribution in [0, 0.1) is 0 Å². The zero-order chi connectivity index (χ0) is 14.5. The highest BCUT2D eigenvalue weighted by molar-refractivity contribution is 6.01. The smallest absolute Gasteiger partial charge is 0.269 e. The zero-order valence-electron chi connectivity index (χ0n) is 11.6. The number of amides is 2. The average Bonchev–Trinajstić information content (AvgIpc) is 2.46. The maximum absolute atomic E-state index is 11.8. The molecule has 0 spiro atoms. The van der Waals surface area contributed by atoms with Gasteiger partial charge in [-0.05, 0) is 24.6 Å². The Morgan fingerprint density at radius 2 is 1.30 bits per heavy atom. The number of nitrogens with zero attached hydrogens (tertiary/aromatic N) is 2. The van der Waals surface area contributed by atoms with Crippen molar-refractivity contribution in [2.45, 2.75) is 0 Å². The summed E-state index contributed by atoms with van der Waals surface area (Å²) in [6.07, 6.45) is 10.7. The van der Waals surface area contributed by atoms with Crippen LogP contribution in [0.25, 0.3) is 0 Å².